The molecular weight excluding hydrogens is 488 g/mol. The molecule has 0 bridgehead atoms. The molecule has 37 heavy (non-hydrogen) atoms. The summed E-state index contributed by atoms with van der Waals surface area (Å²) in [6.07, 6.45) is -0.132. The number of nitrogens with zero attached hydrogens (tertiary/aromatic N) is 2. The lowest BCUT2D eigenvalue weighted by molar-refractivity contribution is -0.532. The average Bonchev–Trinajstić information content (AvgIpc) is 3.29. The van der Waals surface area contributed by atoms with Gasteiger partial charge >= 0.3 is 0 Å². The third kappa shape index (κ3) is 4.77. The number of ketones is 1. The summed E-state index contributed by atoms with van der Waals surface area (Å²) >= 11 is 0. The first-order valence-electron chi connectivity index (χ1n) is 12.0. The van der Waals surface area contributed by atoms with Crippen molar-refractivity contribution >= 4 is 26.6 Å². The van der Waals surface area contributed by atoms with Crippen LogP contribution in [0.25, 0.3) is 10.8 Å². The van der Waals surface area contributed by atoms with E-state index in [0.717, 1.165) is 16.3 Å². The molecule has 4 aromatic rings. The fourth-order valence-corrected chi connectivity index (χ4v) is 6.86. The van der Waals surface area contributed by atoms with E-state index < -0.39 is 32.9 Å². The number of benzene rings is 4. The lowest BCUT2D eigenvalue weighted by Gasteiger charge is -2.24. The summed E-state index contributed by atoms with van der Waals surface area (Å²) in [5.74, 6) is -1.04. The van der Waals surface area contributed by atoms with Gasteiger partial charge in [0.2, 0.25) is 16.1 Å². The summed E-state index contributed by atoms with van der Waals surface area (Å²) in [5.41, 5.74) is 1.89. The number of Topliss-reactive ketones (excluding diaryl/α,β-unsaturated/α-hetero) is 1. The summed E-state index contributed by atoms with van der Waals surface area (Å²) in [6, 6.07) is 25.8. The minimum atomic E-state index is -4.06. The first-order valence-corrected chi connectivity index (χ1v) is 13.5. The predicted octanol–water partition coefficient (Wildman–Crippen LogP) is 5.43. The maximum atomic E-state index is 13.8. The number of fused-ring (bicyclic) bond motifs is 1. The second kappa shape index (κ2) is 9.88. The van der Waals surface area contributed by atoms with E-state index in [1.54, 1.807) is 54.6 Å². The van der Waals surface area contributed by atoms with Gasteiger partial charge in [0, 0.05) is 29.4 Å². The molecular formula is C29H26N2O5S. The Labute approximate surface area is 215 Å². The van der Waals surface area contributed by atoms with E-state index in [4.69, 9.17) is 0 Å². The number of rotatable bonds is 7. The topological polar surface area (TPSA) is 97.6 Å². The fraction of sp³-hybridized carbons (Fsp3) is 0.207. The van der Waals surface area contributed by atoms with Gasteiger partial charge < -0.3 is 0 Å². The molecule has 3 atom stereocenters. The van der Waals surface area contributed by atoms with Crippen LogP contribution in [0.1, 0.15) is 33.9 Å². The van der Waals surface area contributed by atoms with Gasteiger partial charge in [-0.15, -0.1) is 0 Å². The summed E-state index contributed by atoms with van der Waals surface area (Å²) in [7, 11) is -4.06. The molecule has 0 saturated carbocycles. The van der Waals surface area contributed by atoms with Crippen LogP contribution in [0.15, 0.2) is 102 Å². The molecule has 0 radical (unpaired) electrons. The van der Waals surface area contributed by atoms with Crippen molar-refractivity contribution in [3.63, 3.8) is 0 Å². The molecule has 1 aliphatic heterocycles. The first kappa shape index (κ1) is 24.8. The monoisotopic (exact) mass is 514 g/mol. The molecule has 4 aromatic carbocycles. The van der Waals surface area contributed by atoms with Crippen LogP contribution < -0.4 is 0 Å². The van der Waals surface area contributed by atoms with Gasteiger partial charge in [0.05, 0.1) is 4.90 Å². The van der Waals surface area contributed by atoms with E-state index in [1.165, 1.54) is 16.4 Å². The number of nitro groups is 1. The highest BCUT2D eigenvalue weighted by molar-refractivity contribution is 7.89. The Bertz CT molecular complexity index is 1570. The van der Waals surface area contributed by atoms with Crippen molar-refractivity contribution < 1.29 is 18.1 Å². The van der Waals surface area contributed by atoms with Crippen LogP contribution in [0.5, 0.6) is 0 Å². The zero-order valence-electron chi connectivity index (χ0n) is 20.2. The second-order valence-electron chi connectivity index (χ2n) is 9.47. The van der Waals surface area contributed by atoms with Crippen LogP contribution in [0.3, 0.4) is 0 Å². The van der Waals surface area contributed by atoms with E-state index >= 15 is 0 Å². The summed E-state index contributed by atoms with van der Waals surface area (Å²) in [5, 5.41) is 14.3. The Morgan fingerprint density at radius 3 is 2.24 bits per heavy atom. The van der Waals surface area contributed by atoms with Crippen LogP contribution >= 0.6 is 0 Å². The van der Waals surface area contributed by atoms with Crippen LogP contribution in [-0.4, -0.2) is 36.0 Å². The first-order chi connectivity index (χ1) is 17.8. The van der Waals surface area contributed by atoms with Crippen molar-refractivity contribution in [2.45, 2.75) is 30.3 Å². The minimum Gasteiger partial charge on any atom is -0.294 e. The average molecular weight is 515 g/mol. The highest BCUT2D eigenvalue weighted by Gasteiger charge is 2.55. The number of hydrogen-bond donors (Lipinski definition) is 0. The number of sulfonamides is 1. The van der Waals surface area contributed by atoms with Gasteiger partial charge in [-0.3, -0.25) is 14.9 Å². The van der Waals surface area contributed by atoms with E-state index in [2.05, 4.69) is 0 Å². The third-order valence-corrected chi connectivity index (χ3v) is 8.92. The lowest BCUT2D eigenvalue weighted by Crippen LogP contribution is -2.36. The second-order valence-corrected chi connectivity index (χ2v) is 11.4. The van der Waals surface area contributed by atoms with E-state index in [1.807, 2.05) is 37.3 Å². The molecule has 0 aromatic heterocycles. The van der Waals surface area contributed by atoms with Gasteiger partial charge in [-0.2, -0.15) is 4.31 Å². The van der Waals surface area contributed by atoms with Crippen molar-refractivity contribution in [1.82, 2.24) is 4.31 Å². The van der Waals surface area contributed by atoms with Crippen molar-refractivity contribution in [2.24, 2.45) is 5.92 Å². The molecule has 5 rings (SSSR count). The van der Waals surface area contributed by atoms with Gasteiger partial charge in [0.15, 0.2) is 5.78 Å². The quantitative estimate of drug-likeness (QED) is 0.186. The van der Waals surface area contributed by atoms with E-state index in [9.17, 15) is 23.3 Å². The number of carbonyl (C=O) groups is 1. The maximum absolute atomic E-state index is 13.8. The Kier molecular flexibility index (Phi) is 6.62. The molecule has 7 nitrogen and oxygen atoms in total. The van der Waals surface area contributed by atoms with Gasteiger partial charge in [-0.1, -0.05) is 84.4 Å². The maximum Gasteiger partial charge on any atom is 0.243 e. The van der Waals surface area contributed by atoms with Crippen molar-refractivity contribution in [2.75, 3.05) is 6.54 Å². The third-order valence-electron chi connectivity index (χ3n) is 7.06. The predicted molar refractivity (Wildman–Crippen MR) is 141 cm³/mol. The zero-order valence-corrected chi connectivity index (χ0v) is 21.0. The van der Waals surface area contributed by atoms with Crippen LogP contribution in [0.2, 0.25) is 0 Å². The molecule has 0 N–H and O–H groups in total. The Morgan fingerprint density at radius 2 is 1.57 bits per heavy atom. The van der Waals surface area contributed by atoms with Gasteiger partial charge in [0.1, 0.15) is 6.04 Å². The van der Waals surface area contributed by atoms with Crippen molar-refractivity contribution in [3.8, 4) is 0 Å². The number of aryl methyl sites for hydroxylation is 1. The van der Waals surface area contributed by atoms with Crippen LogP contribution in [0, 0.1) is 23.0 Å². The molecule has 8 heteroatoms. The van der Waals surface area contributed by atoms with E-state index in [0.29, 0.717) is 11.1 Å². The number of carbonyl (C=O) groups excluding carboxylic acids is 1. The van der Waals surface area contributed by atoms with E-state index in [-0.39, 0.29) is 23.6 Å². The van der Waals surface area contributed by atoms with Crippen molar-refractivity contribution in [3.05, 3.63) is 124 Å². The molecule has 0 spiro atoms. The Morgan fingerprint density at radius 1 is 0.919 bits per heavy atom. The Balaban J connectivity index is 1.53. The normalized spacial score (nSPS) is 20.2. The van der Waals surface area contributed by atoms with Gasteiger partial charge in [-0.05, 0) is 41.5 Å². The van der Waals surface area contributed by atoms with Gasteiger partial charge in [0.25, 0.3) is 0 Å². The van der Waals surface area contributed by atoms with Gasteiger partial charge in [-0.25, -0.2) is 8.42 Å². The molecule has 0 unspecified atom stereocenters. The van der Waals surface area contributed by atoms with Crippen LogP contribution in [0.4, 0.5) is 0 Å². The summed E-state index contributed by atoms with van der Waals surface area (Å²) in [6.45, 7) is 1.73. The summed E-state index contributed by atoms with van der Waals surface area (Å²) < 4.78 is 28.7. The minimum absolute atomic E-state index is 0.0719. The molecule has 1 heterocycles. The number of hydrogen-bond acceptors (Lipinski definition) is 5. The SMILES string of the molecule is Cc1ccc(S(=O)(=O)N2C[C@H](CC(=O)c3ccc4ccccc4c3)[C@@H]([N+](=O)[O-])[C@@H]2c2ccccc2)cc1. The highest BCUT2D eigenvalue weighted by Crippen LogP contribution is 2.42. The molecule has 1 aliphatic rings. The molecule has 1 fully saturated rings. The lowest BCUT2D eigenvalue weighted by atomic mass is 9.89. The largest absolute Gasteiger partial charge is 0.294 e. The smallest absolute Gasteiger partial charge is 0.243 e. The molecule has 0 amide bonds. The summed E-state index contributed by atoms with van der Waals surface area (Å²) in [4.78, 5) is 25.4. The molecule has 188 valence electrons. The fourth-order valence-electron chi connectivity index (χ4n) is 5.18. The zero-order chi connectivity index (χ0) is 26.2. The standard InChI is InChI=1S/C29H26N2O5S/c1-20-11-15-26(16-12-20)37(35,36)30-19-25(29(31(33)34)28(30)22-8-3-2-4-9-22)18-27(32)24-14-13-21-7-5-6-10-23(21)17-24/h2-17,25,28-29H,18-19H2,1H3/t25-,28-,29+/m0/s1. The molecule has 0 aliphatic carbocycles. The Hall–Kier alpha value is -3.88. The molecule has 1 saturated heterocycles. The van der Waals surface area contributed by atoms with Crippen LogP contribution in [-0.2, 0) is 10.0 Å². The van der Waals surface area contributed by atoms with Crippen molar-refractivity contribution in [1.29, 1.82) is 0 Å². The highest BCUT2D eigenvalue weighted by atomic mass is 32.2.